The largest absolute Gasteiger partial charge is 0.181 e. The molecule has 1 fully saturated rings. The fourth-order valence-corrected chi connectivity index (χ4v) is 2.45. The lowest BCUT2D eigenvalue weighted by Crippen LogP contribution is -2.30. The molecule has 0 radical (unpaired) electrons. The highest BCUT2D eigenvalue weighted by Crippen LogP contribution is 2.33. The lowest BCUT2D eigenvalue weighted by Gasteiger charge is -2.30. The number of benzene rings is 1. The van der Waals surface area contributed by atoms with Crippen LogP contribution in [0.2, 0.25) is 0 Å². The molecule has 0 N–H and O–H groups in total. The quantitative estimate of drug-likeness (QED) is 0.536. The van der Waals surface area contributed by atoms with Gasteiger partial charge in [0, 0.05) is 5.88 Å². The first kappa shape index (κ1) is 11.6. The van der Waals surface area contributed by atoms with Crippen molar-refractivity contribution < 1.29 is 0 Å². The minimum atomic E-state index is -0.102. The Morgan fingerprint density at radius 3 is 2.38 bits per heavy atom. The summed E-state index contributed by atoms with van der Waals surface area (Å²) in [5.41, 5.74) is 0.813. The first-order chi connectivity index (χ1) is 7.85. The van der Waals surface area contributed by atoms with Gasteiger partial charge in [0.1, 0.15) is 0 Å². The molecule has 1 aromatic carbocycles. The summed E-state index contributed by atoms with van der Waals surface area (Å²) in [5.74, 6) is 0.587. The maximum absolute atomic E-state index is 6.05. The summed E-state index contributed by atoms with van der Waals surface area (Å²) in [6.07, 6.45) is 5.90. The lowest BCUT2D eigenvalue weighted by atomic mass is 9.84. The highest BCUT2D eigenvalue weighted by molar-refractivity contribution is 6.18. The zero-order valence-electron chi connectivity index (χ0n) is 9.40. The summed E-state index contributed by atoms with van der Waals surface area (Å²) in [6.45, 7) is 0. The van der Waals surface area contributed by atoms with E-state index >= 15 is 0 Å². The molecule has 0 aromatic heterocycles. The van der Waals surface area contributed by atoms with Crippen molar-refractivity contribution in [3.8, 4) is 0 Å². The van der Waals surface area contributed by atoms with Gasteiger partial charge in [0.15, 0.2) is 0 Å². The summed E-state index contributed by atoms with van der Waals surface area (Å²) in [7, 11) is 0. The van der Waals surface area contributed by atoms with E-state index in [1.807, 2.05) is 30.3 Å². The molecule has 3 heteroatoms. The number of hydrogen-bond donors (Lipinski definition) is 0. The number of alkyl halides is 1. The van der Waals surface area contributed by atoms with Gasteiger partial charge in [-0.05, 0) is 25.0 Å². The average Bonchev–Trinajstić information content (AvgIpc) is 2.39. The van der Waals surface area contributed by atoms with E-state index in [0.29, 0.717) is 5.88 Å². The predicted octanol–water partition coefficient (Wildman–Crippen LogP) is 4.71. The van der Waals surface area contributed by atoms with Crippen molar-refractivity contribution in [3.05, 3.63) is 30.3 Å². The van der Waals surface area contributed by atoms with Gasteiger partial charge in [-0.3, -0.25) is 0 Å². The van der Waals surface area contributed by atoms with E-state index in [9.17, 15) is 0 Å². The Kier molecular flexibility index (Phi) is 3.94. The third kappa shape index (κ3) is 2.82. The van der Waals surface area contributed by atoms with Gasteiger partial charge in [-0.15, -0.1) is 11.6 Å². The summed E-state index contributed by atoms with van der Waals surface area (Å²) < 4.78 is 0. The van der Waals surface area contributed by atoms with Crippen LogP contribution in [0.1, 0.15) is 32.1 Å². The Balaban J connectivity index is 2.09. The second kappa shape index (κ2) is 5.44. The number of hydrogen-bond acceptors (Lipinski definition) is 2. The van der Waals surface area contributed by atoms with E-state index in [0.717, 1.165) is 18.5 Å². The fourth-order valence-electron chi connectivity index (χ4n) is 2.13. The summed E-state index contributed by atoms with van der Waals surface area (Å²) in [6, 6.07) is 9.87. The van der Waals surface area contributed by atoms with Crippen LogP contribution in [0.5, 0.6) is 0 Å². The zero-order chi connectivity index (χ0) is 11.3. The van der Waals surface area contributed by atoms with Gasteiger partial charge in [-0.2, -0.15) is 10.2 Å². The molecule has 1 aromatic rings. The molecule has 2 nitrogen and oxygen atoms in total. The van der Waals surface area contributed by atoms with Crippen LogP contribution >= 0.6 is 11.6 Å². The van der Waals surface area contributed by atoms with Crippen LogP contribution in [0.15, 0.2) is 40.6 Å². The van der Waals surface area contributed by atoms with Crippen LogP contribution < -0.4 is 0 Å². The Morgan fingerprint density at radius 1 is 1.06 bits per heavy atom. The van der Waals surface area contributed by atoms with Crippen LogP contribution in [-0.4, -0.2) is 11.4 Å². The second-order valence-corrected chi connectivity index (χ2v) is 4.72. The summed E-state index contributed by atoms with van der Waals surface area (Å²) in [4.78, 5) is 0. The number of azo groups is 1. The van der Waals surface area contributed by atoms with Crippen molar-refractivity contribution in [1.82, 2.24) is 0 Å². The SMILES string of the molecule is ClCC1(N=Nc2ccccc2)CCCCC1. The van der Waals surface area contributed by atoms with Crippen molar-refractivity contribution in [2.75, 3.05) is 5.88 Å². The Labute approximate surface area is 102 Å². The maximum atomic E-state index is 6.05. The van der Waals surface area contributed by atoms with E-state index in [1.165, 1.54) is 19.3 Å². The zero-order valence-corrected chi connectivity index (χ0v) is 10.2. The number of nitrogens with zero attached hydrogens (tertiary/aromatic N) is 2. The third-order valence-electron chi connectivity index (χ3n) is 3.17. The second-order valence-electron chi connectivity index (χ2n) is 4.45. The van der Waals surface area contributed by atoms with E-state index in [-0.39, 0.29) is 5.54 Å². The van der Waals surface area contributed by atoms with E-state index in [1.54, 1.807) is 0 Å². The Morgan fingerprint density at radius 2 is 1.75 bits per heavy atom. The number of halogens is 1. The highest BCUT2D eigenvalue weighted by Gasteiger charge is 2.31. The summed E-state index contributed by atoms with van der Waals surface area (Å²) >= 11 is 6.05. The molecule has 2 rings (SSSR count). The van der Waals surface area contributed by atoms with Crippen LogP contribution in [0.4, 0.5) is 5.69 Å². The Bertz CT molecular complexity index is 342. The van der Waals surface area contributed by atoms with Crippen LogP contribution in [0.25, 0.3) is 0 Å². The molecular formula is C13H17ClN2. The van der Waals surface area contributed by atoms with Gasteiger partial charge in [0.2, 0.25) is 0 Å². The molecule has 0 saturated heterocycles. The Hall–Kier alpha value is -0.890. The standard InChI is InChI=1S/C13H17ClN2/c14-11-13(9-5-2-6-10-13)16-15-12-7-3-1-4-8-12/h1,3-4,7-8H,2,5-6,9-11H2. The molecule has 1 saturated carbocycles. The van der Waals surface area contributed by atoms with Crippen LogP contribution in [-0.2, 0) is 0 Å². The topological polar surface area (TPSA) is 24.7 Å². The molecule has 0 spiro atoms. The van der Waals surface area contributed by atoms with Crippen molar-refractivity contribution in [1.29, 1.82) is 0 Å². The molecule has 0 heterocycles. The first-order valence-corrected chi connectivity index (χ1v) is 6.42. The van der Waals surface area contributed by atoms with E-state index < -0.39 is 0 Å². The van der Waals surface area contributed by atoms with E-state index in [4.69, 9.17) is 11.6 Å². The molecule has 0 amide bonds. The third-order valence-corrected chi connectivity index (χ3v) is 3.66. The van der Waals surface area contributed by atoms with Crippen molar-refractivity contribution in [3.63, 3.8) is 0 Å². The van der Waals surface area contributed by atoms with Crippen molar-refractivity contribution in [2.24, 2.45) is 10.2 Å². The predicted molar refractivity (Wildman–Crippen MR) is 67.5 cm³/mol. The molecule has 16 heavy (non-hydrogen) atoms. The molecule has 86 valence electrons. The van der Waals surface area contributed by atoms with E-state index in [2.05, 4.69) is 10.2 Å². The van der Waals surface area contributed by atoms with Crippen molar-refractivity contribution in [2.45, 2.75) is 37.6 Å². The first-order valence-electron chi connectivity index (χ1n) is 5.89. The van der Waals surface area contributed by atoms with Gasteiger partial charge < -0.3 is 0 Å². The van der Waals surface area contributed by atoms with Gasteiger partial charge >= 0.3 is 0 Å². The molecule has 0 aliphatic heterocycles. The molecule has 0 atom stereocenters. The molecular weight excluding hydrogens is 220 g/mol. The maximum Gasteiger partial charge on any atom is 0.0954 e. The average molecular weight is 237 g/mol. The molecule has 0 unspecified atom stereocenters. The van der Waals surface area contributed by atoms with Gasteiger partial charge in [0.05, 0.1) is 11.2 Å². The highest BCUT2D eigenvalue weighted by atomic mass is 35.5. The monoisotopic (exact) mass is 236 g/mol. The molecule has 1 aliphatic rings. The van der Waals surface area contributed by atoms with Gasteiger partial charge in [-0.1, -0.05) is 37.5 Å². The number of rotatable bonds is 3. The molecule has 1 aliphatic carbocycles. The van der Waals surface area contributed by atoms with Crippen LogP contribution in [0.3, 0.4) is 0 Å². The lowest BCUT2D eigenvalue weighted by molar-refractivity contribution is 0.317. The smallest absolute Gasteiger partial charge is 0.0954 e. The van der Waals surface area contributed by atoms with Crippen molar-refractivity contribution >= 4 is 17.3 Å². The van der Waals surface area contributed by atoms with Gasteiger partial charge in [0.25, 0.3) is 0 Å². The minimum absolute atomic E-state index is 0.102. The fraction of sp³-hybridized carbons (Fsp3) is 0.538. The van der Waals surface area contributed by atoms with Gasteiger partial charge in [-0.25, -0.2) is 0 Å². The minimum Gasteiger partial charge on any atom is -0.181 e. The van der Waals surface area contributed by atoms with Crippen LogP contribution in [0, 0.1) is 0 Å². The summed E-state index contributed by atoms with van der Waals surface area (Å²) in [5, 5.41) is 8.81. The normalized spacial score (nSPS) is 20.1. The molecule has 0 bridgehead atoms.